The van der Waals surface area contributed by atoms with Crippen molar-refractivity contribution in [3.8, 4) is 0 Å². The second-order valence-electron chi connectivity index (χ2n) is 4.16. The molecule has 1 unspecified atom stereocenters. The topological polar surface area (TPSA) is 54.4 Å². The molecule has 100 valence electrons. The molecule has 2 rings (SSSR count). The fourth-order valence-corrected chi connectivity index (χ4v) is 3.35. The van der Waals surface area contributed by atoms with Crippen LogP contribution in [0.3, 0.4) is 0 Å². The van der Waals surface area contributed by atoms with E-state index in [9.17, 15) is 13.5 Å². The first kappa shape index (κ1) is 14.2. The quantitative estimate of drug-likeness (QED) is 0.930. The van der Waals surface area contributed by atoms with E-state index >= 15 is 0 Å². The van der Waals surface area contributed by atoms with Crippen molar-refractivity contribution in [3.63, 3.8) is 0 Å². The van der Waals surface area contributed by atoms with E-state index in [0.717, 1.165) is 4.47 Å². The van der Waals surface area contributed by atoms with Crippen molar-refractivity contribution >= 4 is 25.8 Å². The van der Waals surface area contributed by atoms with Crippen LogP contribution in [0.4, 0.5) is 0 Å². The van der Waals surface area contributed by atoms with E-state index in [-0.39, 0.29) is 10.6 Å². The van der Waals surface area contributed by atoms with E-state index in [1.807, 2.05) is 0 Å². The molecule has 0 spiro atoms. The highest BCUT2D eigenvalue weighted by atomic mass is 79.9. The molecule has 0 bridgehead atoms. The van der Waals surface area contributed by atoms with Crippen molar-refractivity contribution in [1.82, 2.24) is 0 Å². The summed E-state index contributed by atoms with van der Waals surface area (Å²) in [6.45, 7) is 0. The molecule has 5 heteroatoms. The van der Waals surface area contributed by atoms with Crippen LogP contribution in [0, 0.1) is 0 Å². The number of rotatable bonds is 4. The summed E-state index contributed by atoms with van der Waals surface area (Å²) in [5.74, 6) is -0.321. The summed E-state index contributed by atoms with van der Waals surface area (Å²) < 4.78 is 25.1. The summed E-state index contributed by atoms with van der Waals surface area (Å²) in [6.07, 6.45) is -1.03. The number of sulfone groups is 1. The zero-order chi connectivity index (χ0) is 13.9. The first-order valence-electron chi connectivity index (χ1n) is 5.70. The smallest absolute Gasteiger partial charge is 0.181 e. The van der Waals surface area contributed by atoms with Crippen molar-refractivity contribution in [2.24, 2.45) is 0 Å². The van der Waals surface area contributed by atoms with Gasteiger partial charge >= 0.3 is 0 Å². The van der Waals surface area contributed by atoms with Gasteiger partial charge in [-0.2, -0.15) is 0 Å². The zero-order valence-electron chi connectivity index (χ0n) is 10.0. The number of benzene rings is 2. The highest BCUT2D eigenvalue weighted by Crippen LogP contribution is 2.21. The summed E-state index contributed by atoms with van der Waals surface area (Å²) in [5, 5.41) is 10.0. The predicted molar refractivity (Wildman–Crippen MR) is 77.6 cm³/mol. The molecule has 0 saturated heterocycles. The third-order valence-corrected chi connectivity index (χ3v) is 5.01. The molecule has 0 aliphatic heterocycles. The van der Waals surface area contributed by atoms with Crippen molar-refractivity contribution in [3.05, 3.63) is 64.6 Å². The molecular weight excluding hydrogens is 328 g/mol. The van der Waals surface area contributed by atoms with Gasteiger partial charge in [-0.25, -0.2) is 8.42 Å². The van der Waals surface area contributed by atoms with E-state index in [1.54, 1.807) is 42.5 Å². The predicted octanol–water partition coefficient (Wildman–Crippen LogP) is 2.96. The maximum absolute atomic E-state index is 12.1. The van der Waals surface area contributed by atoms with Crippen LogP contribution >= 0.6 is 15.9 Å². The van der Waals surface area contributed by atoms with Crippen LogP contribution in [0.1, 0.15) is 11.7 Å². The number of aliphatic hydroxyl groups is 1. The Labute approximate surface area is 121 Å². The van der Waals surface area contributed by atoms with Crippen LogP contribution in [0.15, 0.2) is 64.0 Å². The Morgan fingerprint density at radius 3 is 2.16 bits per heavy atom. The lowest BCUT2D eigenvalue weighted by Crippen LogP contribution is -2.14. The molecule has 0 heterocycles. The average molecular weight is 341 g/mol. The Morgan fingerprint density at radius 1 is 1.00 bits per heavy atom. The molecule has 3 nitrogen and oxygen atoms in total. The van der Waals surface area contributed by atoms with Gasteiger partial charge in [0.1, 0.15) is 0 Å². The molecular formula is C14H13BrO3S. The third kappa shape index (κ3) is 3.65. The van der Waals surface area contributed by atoms with Crippen LogP contribution in [0.25, 0.3) is 0 Å². The lowest BCUT2D eigenvalue weighted by Gasteiger charge is -2.11. The Bertz CT molecular complexity index is 636. The van der Waals surface area contributed by atoms with Gasteiger partial charge in [0.05, 0.1) is 16.8 Å². The van der Waals surface area contributed by atoms with Crippen LogP contribution in [-0.2, 0) is 9.84 Å². The number of hydrogen-bond donors (Lipinski definition) is 1. The highest BCUT2D eigenvalue weighted by molar-refractivity contribution is 9.10. The van der Waals surface area contributed by atoms with Gasteiger partial charge in [0.2, 0.25) is 0 Å². The van der Waals surface area contributed by atoms with Crippen LogP contribution in [0.5, 0.6) is 0 Å². The standard InChI is InChI=1S/C14H13BrO3S/c15-12-8-6-11(7-9-12)14(16)10-19(17,18)13-4-2-1-3-5-13/h1-9,14,16H,10H2. The second-order valence-corrected chi connectivity index (χ2v) is 7.11. The number of halogens is 1. The molecule has 0 aromatic heterocycles. The van der Waals surface area contributed by atoms with Gasteiger partial charge in [-0.1, -0.05) is 46.3 Å². The molecule has 1 N–H and O–H groups in total. The molecule has 0 aliphatic carbocycles. The molecule has 0 aliphatic rings. The summed E-state index contributed by atoms with van der Waals surface area (Å²) in [7, 11) is -3.48. The minimum Gasteiger partial charge on any atom is -0.387 e. The maximum atomic E-state index is 12.1. The van der Waals surface area contributed by atoms with Gasteiger partial charge in [0.25, 0.3) is 0 Å². The molecule has 0 radical (unpaired) electrons. The summed E-state index contributed by atoms with van der Waals surface area (Å²) in [6, 6.07) is 15.1. The van der Waals surface area contributed by atoms with Crippen molar-refractivity contribution in [1.29, 1.82) is 0 Å². The Morgan fingerprint density at radius 2 is 1.58 bits per heavy atom. The summed E-state index contributed by atoms with van der Waals surface area (Å²) in [4.78, 5) is 0.228. The van der Waals surface area contributed by atoms with Gasteiger partial charge in [-0.15, -0.1) is 0 Å². The van der Waals surface area contributed by atoms with Gasteiger partial charge in [-0.3, -0.25) is 0 Å². The molecule has 19 heavy (non-hydrogen) atoms. The summed E-state index contributed by atoms with van der Waals surface area (Å²) in [5.41, 5.74) is 0.586. The van der Waals surface area contributed by atoms with E-state index in [0.29, 0.717) is 5.56 Å². The lowest BCUT2D eigenvalue weighted by atomic mass is 10.1. The molecule has 0 fully saturated rings. The fraction of sp³-hybridized carbons (Fsp3) is 0.143. The van der Waals surface area contributed by atoms with Crippen molar-refractivity contribution < 1.29 is 13.5 Å². The number of aliphatic hydroxyl groups excluding tert-OH is 1. The second kappa shape index (κ2) is 5.86. The van der Waals surface area contributed by atoms with Crippen molar-refractivity contribution in [2.45, 2.75) is 11.0 Å². The van der Waals surface area contributed by atoms with Crippen LogP contribution in [-0.4, -0.2) is 19.3 Å². The lowest BCUT2D eigenvalue weighted by molar-refractivity contribution is 0.201. The largest absolute Gasteiger partial charge is 0.387 e. The number of hydrogen-bond acceptors (Lipinski definition) is 3. The summed E-state index contributed by atoms with van der Waals surface area (Å²) >= 11 is 3.29. The van der Waals surface area contributed by atoms with E-state index in [4.69, 9.17) is 0 Å². The van der Waals surface area contributed by atoms with Gasteiger partial charge in [0, 0.05) is 4.47 Å². The van der Waals surface area contributed by atoms with Gasteiger partial charge in [0.15, 0.2) is 9.84 Å². The van der Waals surface area contributed by atoms with E-state index < -0.39 is 15.9 Å². The molecule has 0 saturated carbocycles. The Kier molecular flexibility index (Phi) is 4.39. The average Bonchev–Trinajstić information content (AvgIpc) is 2.40. The van der Waals surface area contributed by atoms with Gasteiger partial charge < -0.3 is 5.11 Å². The Hall–Kier alpha value is -1.17. The van der Waals surface area contributed by atoms with E-state index in [1.165, 1.54) is 12.1 Å². The monoisotopic (exact) mass is 340 g/mol. The fourth-order valence-electron chi connectivity index (χ4n) is 1.71. The van der Waals surface area contributed by atoms with Crippen LogP contribution < -0.4 is 0 Å². The minimum absolute atomic E-state index is 0.228. The van der Waals surface area contributed by atoms with Crippen molar-refractivity contribution in [2.75, 3.05) is 5.75 Å². The minimum atomic E-state index is -3.48. The maximum Gasteiger partial charge on any atom is 0.181 e. The molecule has 0 amide bonds. The molecule has 1 atom stereocenters. The highest BCUT2D eigenvalue weighted by Gasteiger charge is 2.20. The van der Waals surface area contributed by atoms with Gasteiger partial charge in [-0.05, 0) is 29.8 Å². The van der Waals surface area contributed by atoms with Crippen LogP contribution in [0.2, 0.25) is 0 Å². The molecule has 2 aromatic carbocycles. The zero-order valence-corrected chi connectivity index (χ0v) is 12.4. The SMILES string of the molecule is O=S(=O)(CC(O)c1ccc(Br)cc1)c1ccccc1. The third-order valence-electron chi connectivity index (χ3n) is 2.73. The molecule has 2 aromatic rings. The first-order valence-corrected chi connectivity index (χ1v) is 8.15. The first-order chi connectivity index (χ1) is 8.99. The van der Waals surface area contributed by atoms with E-state index in [2.05, 4.69) is 15.9 Å². The Balaban J connectivity index is 2.19. The normalized spacial score (nSPS) is 13.2.